The Morgan fingerprint density at radius 1 is 0.286 bits per heavy atom. The van der Waals surface area contributed by atoms with Crippen molar-refractivity contribution in [2.45, 2.75) is 0 Å². The van der Waals surface area contributed by atoms with Crippen LogP contribution in [0.25, 0.3) is 104 Å². The van der Waals surface area contributed by atoms with Crippen molar-refractivity contribution in [1.29, 1.82) is 0 Å². The molecule has 1 aromatic heterocycles. The normalized spacial score (nSPS) is 12.1. The predicted molar refractivity (Wildman–Crippen MR) is 210 cm³/mol. The summed E-state index contributed by atoms with van der Waals surface area (Å²) >= 11 is 0. The van der Waals surface area contributed by atoms with Crippen LogP contribution < -0.4 is 0 Å². The van der Waals surface area contributed by atoms with Gasteiger partial charge in [0.2, 0.25) is 0 Å². The summed E-state index contributed by atoms with van der Waals surface area (Å²) in [5, 5.41) is 15.6. The fourth-order valence-electron chi connectivity index (χ4n) is 8.56. The molecule has 0 fully saturated rings. The maximum absolute atomic E-state index is 2.39. The lowest BCUT2D eigenvalue weighted by atomic mass is 9.85. The second kappa shape index (κ2) is 10.0. The minimum atomic E-state index is 1.17. The summed E-state index contributed by atoms with van der Waals surface area (Å²) in [6, 6.07) is 65.0. The fraction of sp³-hybridized carbons (Fsp3) is 0. The number of para-hydroxylation sites is 2. The second-order valence-corrected chi connectivity index (χ2v) is 13.3. The average Bonchev–Trinajstić information content (AvgIpc) is 3.51. The first kappa shape index (κ1) is 26.6. The number of nitrogens with zero attached hydrogens (tertiary/aromatic N) is 1. The molecule has 11 rings (SSSR count). The van der Waals surface area contributed by atoms with Gasteiger partial charge in [-0.05, 0) is 106 Å². The molecular weight excluding hydrogens is 591 g/mol. The molecule has 0 bridgehead atoms. The van der Waals surface area contributed by atoms with Crippen LogP contribution >= 0.6 is 0 Å². The molecule has 0 N–H and O–H groups in total. The smallest absolute Gasteiger partial charge is 0.0541 e. The van der Waals surface area contributed by atoms with E-state index in [4.69, 9.17) is 0 Å². The van der Waals surface area contributed by atoms with Gasteiger partial charge in [-0.15, -0.1) is 0 Å². The van der Waals surface area contributed by atoms with Gasteiger partial charge in [-0.2, -0.15) is 0 Å². The summed E-state index contributed by atoms with van der Waals surface area (Å²) in [5.41, 5.74) is 8.69. The zero-order valence-electron chi connectivity index (χ0n) is 26.7. The molecule has 1 heterocycles. The zero-order chi connectivity index (χ0) is 32.1. The van der Waals surface area contributed by atoms with E-state index < -0.39 is 0 Å². The Morgan fingerprint density at radius 2 is 0.796 bits per heavy atom. The first-order chi connectivity index (χ1) is 24.3. The molecule has 0 unspecified atom stereocenters. The summed E-state index contributed by atoms with van der Waals surface area (Å²) in [5.74, 6) is 0. The topological polar surface area (TPSA) is 4.93 Å². The minimum Gasteiger partial charge on any atom is -0.309 e. The van der Waals surface area contributed by atoms with Crippen LogP contribution in [0.3, 0.4) is 0 Å². The van der Waals surface area contributed by atoms with Gasteiger partial charge in [-0.25, -0.2) is 0 Å². The molecule has 0 spiro atoms. The van der Waals surface area contributed by atoms with E-state index in [-0.39, 0.29) is 0 Å². The van der Waals surface area contributed by atoms with Crippen LogP contribution in [0, 0.1) is 0 Å². The van der Waals surface area contributed by atoms with E-state index in [1.807, 2.05) is 0 Å². The first-order valence-electron chi connectivity index (χ1n) is 17.0. The van der Waals surface area contributed by atoms with E-state index in [0.717, 1.165) is 0 Å². The second-order valence-electron chi connectivity index (χ2n) is 13.3. The van der Waals surface area contributed by atoms with Crippen LogP contribution in [0.1, 0.15) is 0 Å². The molecule has 0 atom stereocenters. The summed E-state index contributed by atoms with van der Waals surface area (Å²) in [6.45, 7) is 0. The van der Waals surface area contributed by atoms with Gasteiger partial charge in [0.1, 0.15) is 0 Å². The van der Waals surface area contributed by atoms with Gasteiger partial charge in [0.25, 0.3) is 0 Å². The molecule has 1 nitrogen and oxygen atoms in total. The molecule has 10 aromatic carbocycles. The van der Waals surface area contributed by atoms with Crippen molar-refractivity contribution in [1.82, 2.24) is 4.57 Å². The highest BCUT2D eigenvalue weighted by molar-refractivity contribution is 6.28. The van der Waals surface area contributed by atoms with E-state index >= 15 is 0 Å². The van der Waals surface area contributed by atoms with Crippen LogP contribution in [-0.2, 0) is 0 Å². The van der Waals surface area contributed by atoms with E-state index in [2.05, 4.69) is 180 Å². The molecule has 11 aromatic rings. The van der Waals surface area contributed by atoms with Crippen molar-refractivity contribution in [3.05, 3.63) is 176 Å². The Balaban J connectivity index is 1.11. The number of benzene rings is 10. The van der Waals surface area contributed by atoms with Gasteiger partial charge in [-0.3, -0.25) is 0 Å². The molecule has 0 radical (unpaired) electrons. The molecule has 0 aliphatic carbocycles. The van der Waals surface area contributed by atoms with E-state index in [1.165, 1.54) is 104 Å². The maximum atomic E-state index is 2.39. The third kappa shape index (κ3) is 3.76. The minimum absolute atomic E-state index is 1.17. The molecular formula is C48H29N. The average molecular weight is 620 g/mol. The van der Waals surface area contributed by atoms with Crippen molar-refractivity contribution in [3.8, 4) is 27.9 Å². The third-order valence-corrected chi connectivity index (χ3v) is 10.7. The largest absolute Gasteiger partial charge is 0.309 e. The quantitative estimate of drug-likeness (QED) is 0.173. The summed E-state index contributed by atoms with van der Waals surface area (Å²) in [7, 11) is 0. The van der Waals surface area contributed by atoms with Crippen molar-refractivity contribution in [2.75, 3.05) is 0 Å². The summed E-state index contributed by atoms with van der Waals surface area (Å²) in [4.78, 5) is 0. The van der Waals surface area contributed by atoms with Crippen LogP contribution in [0.2, 0.25) is 0 Å². The van der Waals surface area contributed by atoms with Crippen molar-refractivity contribution < 1.29 is 0 Å². The van der Waals surface area contributed by atoms with Gasteiger partial charge < -0.3 is 4.57 Å². The van der Waals surface area contributed by atoms with Crippen LogP contribution in [0.15, 0.2) is 176 Å². The van der Waals surface area contributed by atoms with E-state index in [1.54, 1.807) is 0 Å². The predicted octanol–water partition coefficient (Wildman–Crippen LogP) is 13.3. The third-order valence-electron chi connectivity index (χ3n) is 10.7. The Bertz CT molecular complexity index is 3030. The number of hydrogen-bond acceptors (Lipinski definition) is 0. The van der Waals surface area contributed by atoms with Crippen LogP contribution in [-0.4, -0.2) is 4.57 Å². The zero-order valence-corrected chi connectivity index (χ0v) is 26.7. The van der Waals surface area contributed by atoms with Gasteiger partial charge in [-0.1, -0.05) is 146 Å². The molecule has 49 heavy (non-hydrogen) atoms. The monoisotopic (exact) mass is 619 g/mol. The molecule has 0 aliphatic heterocycles. The lowest BCUT2D eigenvalue weighted by Gasteiger charge is -2.18. The van der Waals surface area contributed by atoms with Crippen molar-refractivity contribution >= 4 is 75.7 Å². The summed E-state index contributed by atoms with van der Waals surface area (Å²) in [6.07, 6.45) is 0. The SMILES string of the molecule is c1ccc2c(c1)cc(-c1ccc3ccc4c(-c5ccc(-n6c7ccccc7c7ccccc76)cc5)ccc5ccc1c3c54)c1ccccc12. The van der Waals surface area contributed by atoms with E-state index in [9.17, 15) is 0 Å². The van der Waals surface area contributed by atoms with Crippen LogP contribution in [0.5, 0.6) is 0 Å². The highest BCUT2D eigenvalue weighted by Crippen LogP contribution is 2.44. The lowest BCUT2D eigenvalue weighted by Crippen LogP contribution is -1.94. The number of rotatable bonds is 3. The maximum Gasteiger partial charge on any atom is 0.0541 e. The van der Waals surface area contributed by atoms with Gasteiger partial charge in [0.05, 0.1) is 11.0 Å². The number of aromatic nitrogens is 1. The van der Waals surface area contributed by atoms with Crippen molar-refractivity contribution in [2.24, 2.45) is 0 Å². The van der Waals surface area contributed by atoms with Gasteiger partial charge in [0, 0.05) is 16.5 Å². The Labute approximate surface area is 283 Å². The Kier molecular flexibility index (Phi) is 5.45. The Morgan fingerprint density at radius 3 is 1.47 bits per heavy atom. The fourth-order valence-corrected chi connectivity index (χ4v) is 8.56. The number of hydrogen-bond donors (Lipinski definition) is 0. The molecule has 0 saturated heterocycles. The highest BCUT2D eigenvalue weighted by Gasteiger charge is 2.17. The van der Waals surface area contributed by atoms with Crippen LogP contribution in [0.4, 0.5) is 0 Å². The molecule has 0 amide bonds. The Hall–Kier alpha value is -6.44. The molecule has 0 aliphatic rings. The van der Waals surface area contributed by atoms with Gasteiger partial charge in [0.15, 0.2) is 0 Å². The number of fused-ring (bicyclic) bond motifs is 6. The molecule has 1 heteroatoms. The van der Waals surface area contributed by atoms with Gasteiger partial charge >= 0.3 is 0 Å². The van der Waals surface area contributed by atoms with E-state index in [0.29, 0.717) is 0 Å². The molecule has 226 valence electrons. The highest BCUT2D eigenvalue weighted by atomic mass is 15.0. The standard InChI is InChI=1S/C48H29N/c1-2-10-35-33(9-1)29-44(38-12-4-3-11-37(35)38)39-26-20-32-21-27-42-36(25-19-31-22-28-43(39)48(32)47(31)42)30-17-23-34(24-18-30)49-45-15-7-5-13-40(45)41-14-6-8-16-46(41)49/h1-29H. The molecule has 0 saturated carbocycles. The first-order valence-corrected chi connectivity index (χ1v) is 17.0. The van der Waals surface area contributed by atoms with Crippen molar-refractivity contribution in [3.63, 3.8) is 0 Å². The summed E-state index contributed by atoms with van der Waals surface area (Å²) < 4.78 is 2.39. The lowest BCUT2D eigenvalue weighted by molar-refractivity contribution is 1.18.